The van der Waals surface area contributed by atoms with Crippen molar-refractivity contribution < 1.29 is 14.3 Å². The predicted molar refractivity (Wildman–Crippen MR) is 94.2 cm³/mol. The zero-order valence-electron chi connectivity index (χ0n) is 13.8. The second-order valence-corrected chi connectivity index (χ2v) is 5.94. The Morgan fingerprint density at radius 2 is 2.04 bits per heavy atom. The van der Waals surface area contributed by atoms with Gasteiger partial charge in [0.05, 0.1) is 11.9 Å². The lowest BCUT2D eigenvalue weighted by Crippen LogP contribution is -2.31. The van der Waals surface area contributed by atoms with Gasteiger partial charge in [-0.05, 0) is 42.8 Å². The summed E-state index contributed by atoms with van der Waals surface area (Å²) in [6.45, 7) is 0. The Morgan fingerprint density at radius 1 is 1.19 bits per heavy atom. The summed E-state index contributed by atoms with van der Waals surface area (Å²) in [7, 11) is 0. The van der Waals surface area contributed by atoms with Crippen molar-refractivity contribution in [2.24, 2.45) is 0 Å². The van der Waals surface area contributed by atoms with Crippen LogP contribution in [-0.2, 0) is 4.79 Å². The van der Waals surface area contributed by atoms with Gasteiger partial charge in [0.1, 0.15) is 11.8 Å². The molecule has 1 amide bonds. The Hall–Kier alpha value is -3.48. The first-order chi connectivity index (χ1) is 12.7. The third kappa shape index (κ3) is 3.19. The molecule has 0 radical (unpaired) electrons. The third-order valence-electron chi connectivity index (χ3n) is 4.23. The van der Waals surface area contributed by atoms with Crippen molar-refractivity contribution in [2.45, 2.75) is 18.9 Å². The molecule has 1 atom stereocenters. The molecule has 1 aromatic carbocycles. The van der Waals surface area contributed by atoms with Crippen molar-refractivity contribution in [2.75, 3.05) is 5.32 Å². The van der Waals surface area contributed by atoms with Crippen LogP contribution in [0.2, 0.25) is 0 Å². The summed E-state index contributed by atoms with van der Waals surface area (Å²) < 4.78 is 7.32. The normalized spacial score (nSPS) is 16.0. The molecule has 0 bridgehead atoms. The molecule has 26 heavy (non-hydrogen) atoms. The summed E-state index contributed by atoms with van der Waals surface area (Å²) in [5.41, 5.74) is 1.25. The number of hydrogen-bond donors (Lipinski definition) is 1. The number of ketones is 1. The fraction of sp³-hybridized carbons (Fsp3) is 0.158. The highest BCUT2D eigenvalue weighted by molar-refractivity contribution is 6.00. The van der Waals surface area contributed by atoms with E-state index in [1.165, 1.54) is 6.20 Å². The number of benzene rings is 1. The smallest absolute Gasteiger partial charge is 0.247 e. The zero-order valence-corrected chi connectivity index (χ0v) is 13.8. The fourth-order valence-corrected chi connectivity index (χ4v) is 2.99. The number of carbonyl (C=O) groups excluding carboxylic acids is 2. The highest BCUT2D eigenvalue weighted by Gasteiger charge is 2.29. The molecule has 0 saturated carbocycles. The van der Waals surface area contributed by atoms with Crippen LogP contribution >= 0.6 is 0 Å². The van der Waals surface area contributed by atoms with Gasteiger partial charge < -0.3 is 14.6 Å². The molecule has 7 nitrogen and oxygen atoms in total. The molecule has 3 heterocycles. The van der Waals surface area contributed by atoms with E-state index < -0.39 is 0 Å². The van der Waals surface area contributed by atoms with Crippen molar-refractivity contribution in [1.29, 1.82) is 0 Å². The Morgan fingerprint density at radius 3 is 2.81 bits per heavy atom. The van der Waals surface area contributed by atoms with E-state index in [1.807, 2.05) is 0 Å². The van der Waals surface area contributed by atoms with Crippen LogP contribution in [0.5, 0.6) is 11.6 Å². The predicted octanol–water partition coefficient (Wildman–Crippen LogP) is 3.23. The molecular formula is C19H16N4O3. The van der Waals surface area contributed by atoms with Gasteiger partial charge in [-0.15, -0.1) is 0 Å². The van der Waals surface area contributed by atoms with Crippen LogP contribution in [-0.4, -0.2) is 26.2 Å². The number of fused-ring (bicyclic) bond motifs is 1. The number of anilines is 1. The molecule has 3 aromatic rings. The van der Waals surface area contributed by atoms with Gasteiger partial charge in [0.15, 0.2) is 5.78 Å². The number of rotatable bonds is 4. The Kier molecular flexibility index (Phi) is 4.18. The van der Waals surface area contributed by atoms with E-state index in [1.54, 1.807) is 59.6 Å². The van der Waals surface area contributed by atoms with Gasteiger partial charge in [0, 0.05) is 30.7 Å². The summed E-state index contributed by atoms with van der Waals surface area (Å²) in [6, 6.07) is 10.2. The Labute approximate surface area is 149 Å². The number of carbonyl (C=O) groups is 2. The maximum absolute atomic E-state index is 12.6. The van der Waals surface area contributed by atoms with E-state index >= 15 is 0 Å². The monoisotopic (exact) mass is 348 g/mol. The number of Topliss-reactive ketones (excluding diaryl/α,β-unsaturated/α-hetero) is 1. The summed E-state index contributed by atoms with van der Waals surface area (Å²) in [4.78, 5) is 32.5. The minimum absolute atomic E-state index is 0.0737. The number of ether oxygens (including phenoxy) is 1. The summed E-state index contributed by atoms with van der Waals surface area (Å²) in [6.07, 6.45) is 7.30. The Bertz CT molecular complexity index is 935. The Balaban J connectivity index is 1.44. The van der Waals surface area contributed by atoms with Crippen molar-refractivity contribution >= 4 is 17.4 Å². The minimum atomic E-state index is -0.381. The first kappa shape index (κ1) is 16.0. The quantitative estimate of drug-likeness (QED) is 0.782. The maximum Gasteiger partial charge on any atom is 0.247 e. The molecule has 1 aliphatic rings. The molecule has 7 heteroatoms. The molecule has 1 N–H and O–H groups in total. The highest BCUT2D eigenvalue weighted by atomic mass is 16.5. The molecule has 0 spiro atoms. The number of amides is 1. The van der Waals surface area contributed by atoms with Gasteiger partial charge >= 0.3 is 0 Å². The fourth-order valence-electron chi connectivity index (χ4n) is 2.99. The summed E-state index contributed by atoms with van der Waals surface area (Å²) in [5, 5.41) is 2.89. The van der Waals surface area contributed by atoms with Crippen LogP contribution in [0.25, 0.3) is 0 Å². The van der Waals surface area contributed by atoms with Crippen LogP contribution < -0.4 is 10.1 Å². The summed E-state index contributed by atoms with van der Waals surface area (Å²) >= 11 is 0. The lowest BCUT2D eigenvalue weighted by atomic mass is 10.0. The van der Waals surface area contributed by atoms with Crippen molar-refractivity contribution in [3.63, 3.8) is 0 Å². The second kappa shape index (κ2) is 6.79. The van der Waals surface area contributed by atoms with E-state index in [0.717, 1.165) is 0 Å². The lowest BCUT2D eigenvalue weighted by molar-refractivity contribution is -0.119. The van der Waals surface area contributed by atoms with Gasteiger partial charge in [0.2, 0.25) is 11.8 Å². The first-order valence-electron chi connectivity index (χ1n) is 8.25. The van der Waals surface area contributed by atoms with Gasteiger partial charge in [-0.3, -0.25) is 14.6 Å². The second-order valence-electron chi connectivity index (χ2n) is 5.94. The lowest BCUT2D eigenvalue weighted by Gasteiger charge is -2.24. The summed E-state index contributed by atoms with van der Waals surface area (Å²) in [5.74, 6) is 0.929. The van der Waals surface area contributed by atoms with Gasteiger partial charge in [-0.25, -0.2) is 4.98 Å². The molecule has 0 fully saturated rings. The third-order valence-corrected chi connectivity index (χ3v) is 4.23. The highest BCUT2D eigenvalue weighted by Crippen LogP contribution is 2.27. The standard InChI is InChI=1S/C19H16N4O3/c24-17-8-7-16(23-11-1-2-15(17)23)19(25)22-13-3-5-14(6-4-13)26-18-12-20-9-10-21-18/h1-6,9-12,16H,7-8H2,(H,22,25). The van der Waals surface area contributed by atoms with Gasteiger partial charge in [-0.1, -0.05) is 0 Å². The molecule has 0 saturated heterocycles. The van der Waals surface area contributed by atoms with E-state index in [9.17, 15) is 9.59 Å². The number of hydrogen-bond acceptors (Lipinski definition) is 5. The molecule has 1 unspecified atom stereocenters. The van der Waals surface area contributed by atoms with E-state index in [0.29, 0.717) is 35.9 Å². The number of aromatic nitrogens is 3. The zero-order chi connectivity index (χ0) is 17.9. The maximum atomic E-state index is 12.6. The topological polar surface area (TPSA) is 86.1 Å². The van der Waals surface area contributed by atoms with Crippen LogP contribution in [0.1, 0.15) is 29.4 Å². The molecular weight excluding hydrogens is 332 g/mol. The first-order valence-corrected chi connectivity index (χ1v) is 8.25. The van der Waals surface area contributed by atoms with Crippen molar-refractivity contribution in [3.05, 3.63) is 66.9 Å². The molecule has 0 aliphatic carbocycles. The van der Waals surface area contributed by atoms with E-state index in [2.05, 4.69) is 15.3 Å². The molecule has 1 aliphatic heterocycles. The van der Waals surface area contributed by atoms with Crippen LogP contribution in [0.3, 0.4) is 0 Å². The van der Waals surface area contributed by atoms with Crippen molar-refractivity contribution in [1.82, 2.24) is 14.5 Å². The minimum Gasteiger partial charge on any atom is -0.438 e. The van der Waals surface area contributed by atoms with Crippen LogP contribution in [0.15, 0.2) is 61.2 Å². The largest absolute Gasteiger partial charge is 0.438 e. The molecule has 130 valence electrons. The molecule has 4 rings (SSSR count). The van der Waals surface area contributed by atoms with Crippen LogP contribution in [0.4, 0.5) is 5.69 Å². The van der Waals surface area contributed by atoms with Crippen molar-refractivity contribution in [3.8, 4) is 11.6 Å². The SMILES string of the molecule is O=C1CCC(C(=O)Nc2ccc(Oc3cnccn3)cc2)n2cccc21. The van der Waals surface area contributed by atoms with Gasteiger partial charge in [-0.2, -0.15) is 0 Å². The number of nitrogens with zero attached hydrogens (tertiary/aromatic N) is 3. The van der Waals surface area contributed by atoms with E-state index in [-0.39, 0.29) is 17.7 Å². The van der Waals surface area contributed by atoms with E-state index in [4.69, 9.17) is 4.74 Å². The average molecular weight is 348 g/mol. The number of nitrogens with one attached hydrogen (secondary N) is 1. The average Bonchev–Trinajstić information content (AvgIpc) is 3.15. The van der Waals surface area contributed by atoms with Crippen LogP contribution in [0, 0.1) is 0 Å². The molecule has 2 aromatic heterocycles. The van der Waals surface area contributed by atoms with Gasteiger partial charge in [0.25, 0.3) is 0 Å².